The molecular formula is C11H18ClN3O2S. The molecule has 1 N–H and O–H groups in total. The fourth-order valence-corrected chi connectivity index (χ4v) is 2.35. The van der Waals surface area contributed by atoms with Crippen LogP contribution in [0.25, 0.3) is 0 Å². The highest BCUT2D eigenvalue weighted by Crippen LogP contribution is 2.25. The van der Waals surface area contributed by atoms with Gasteiger partial charge in [0.25, 0.3) is 5.91 Å². The minimum atomic E-state index is -0.211. The SMILES string of the molecule is COCC(CCl)NC(=O)c1snnc1C(C)(C)C. The summed E-state index contributed by atoms with van der Waals surface area (Å²) >= 11 is 6.86. The van der Waals surface area contributed by atoms with Crippen LogP contribution in [0.4, 0.5) is 0 Å². The number of hydrogen-bond donors (Lipinski definition) is 1. The van der Waals surface area contributed by atoms with E-state index in [0.29, 0.717) is 23.1 Å². The summed E-state index contributed by atoms with van der Waals surface area (Å²) in [6, 6.07) is -0.209. The molecule has 0 aliphatic rings. The van der Waals surface area contributed by atoms with E-state index < -0.39 is 0 Å². The standard InChI is InChI=1S/C11H18ClN3O2S/c1-11(2,3)9-8(18-15-14-9)10(16)13-7(5-12)6-17-4/h7H,5-6H2,1-4H3,(H,13,16). The Kier molecular flexibility index (Phi) is 5.49. The van der Waals surface area contributed by atoms with Crippen LogP contribution in [0.3, 0.4) is 0 Å². The molecule has 0 radical (unpaired) electrons. The van der Waals surface area contributed by atoms with E-state index in [1.54, 1.807) is 7.11 Å². The highest BCUT2D eigenvalue weighted by molar-refractivity contribution is 7.08. The molecule has 0 fully saturated rings. The lowest BCUT2D eigenvalue weighted by atomic mass is 9.91. The number of carbonyl (C=O) groups is 1. The van der Waals surface area contributed by atoms with Crippen molar-refractivity contribution in [2.75, 3.05) is 19.6 Å². The maximum atomic E-state index is 12.1. The summed E-state index contributed by atoms with van der Waals surface area (Å²) in [7, 11) is 1.57. The van der Waals surface area contributed by atoms with Crippen LogP contribution in [-0.4, -0.2) is 41.1 Å². The predicted octanol–water partition coefficient (Wildman–Crippen LogP) is 1.82. The molecule has 1 heterocycles. The van der Waals surface area contributed by atoms with Crippen molar-refractivity contribution in [3.8, 4) is 0 Å². The van der Waals surface area contributed by atoms with Crippen LogP contribution in [0.1, 0.15) is 36.1 Å². The Morgan fingerprint density at radius 1 is 1.56 bits per heavy atom. The zero-order valence-electron chi connectivity index (χ0n) is 11.0. The molecule has 0 saturated carbocycles. The van der Waals surface area contributed by atoms with Crippen LogP contribution in [-0.2, 0) is 10.2 Å². The van der Waals surface area contributed by atoms with Crippen molar-refractivity contribution >= 4 is 29.0 Å². The lowest BCUT2D eigenvalue weighted by Crippen LogP contribution is -2.39. The van der Waals surface area contributed by atoms with Gasteiger partial charge in [0.05, 0.1) is 18.3 Å². The average Bonchev–Trinajstić information content (AvgIpc) is 2.76. The first-order chi connectivity index (χ1) is 8.40. The van der Waals surface area contributed by atoms with E-state index in [4.69, 9.17) is 16.3 Å². The summed E-state index contributed by atoms with van der Waals surface area (Å²) in [6.45, 7) is 6.37. The highest BCUT2D eigenvalue weighted by Gasteiger charge is 2.27. The predicted molar refractivity (Wildman–Crippen MR) is 72.5 cm³/mol. The second kappa shape index (κ2) is 6.45. The largest absolute Gasteiger partial charge is 0.383 e. The van der Waals surface area contributed by atoms with Gasteiger partial charge in [-0.3, -0.25) is 4.79 Å². The van der Waals surface area contributed by atoms with Gasteiger partial charge in [-0.15, -0.1) is 16.7 Å². The number of nitrogens with one attached hydrogen (secondary N) is 1. The molecule has 0 bridgehead atoms. The number of hydrogen-bond acceptors (Lipinski definition) is 5. The number of nitrogens with zero attached hydrogens (tertiary/aromatic N) is 2. The minimum Gasteiger partial charge on any atom is -0.383 e. The molecule has 1 aromatic rings. The van der Waals surface area contributed by atoms with Gasteiger partial charge in [-0.25, -0.2) is 0 Å². The second-order valence-corrected chi connectivity index (χ2v) is 6.04. The molecule has 1 atom stereocenters. The molecule has 1 amide bonds. The first kappa shape index (κ1) is 15.3. The lowest BCUT2D eigenvalue weighted by molar-refractivity contribution is 0.0908. The number of ether oxygens (including phenoxy) is 1. The number of halogens is 1. The Hall–Kier alpha value is -0.720. The van der Waals surface area contributed by atoms with Crippen molar-refractivity contribution < 1.29 is 9.53 Å². The quantitative estimate of drug-likeness (QED) is 0.841. The van der Waals surface area contributed by atoms with E-state index in [1.165, 1.54) is 0 Å². The zero-order valence-corrected chi connectivity index (χ0v) is 12.6. The summed E-state index contributed by atoms with van der Waals surface area (Å²) in [5.74, 6) is 0.106. The Morgan fingerprint density at radius 3 is 2.72 bits per heavy atom. The van der Waals surface area contributed by atoms with E-state index in [9.17, 15) is 4.79 Å². The Morgan fingerprint density at radius 2 is 2.22 bits per heavy atom. The maximum absolute atomic E-state index is 12.1. The molecule has 0 aliphatic carbocycles. The van der Waals surface area contributed by atoms with Gasteiger partial charge < -0.3 is 10.1 Å². The van der Waals surface area contributed by atoms with Crippen molar-refractivity contribution in [2.45, 2.75) is 32.2 Å². The lowest BCUT2D eigenvalue weighted by Gasteiger charge is -2.18. The number of amides is 1. The molecule has 1 rings (SSSR count). The molecule has 102 valence electrons. The van der Waals surface area contributed by atoms with Crippen molar-refractivity contribution in [3.63, 3.8) is 0 Å². The highest BCUT2D eigenvalue weighted by atomic mass is 35.5. The third-order valence-electron chi connectivity index (χ3n) is 2.29. The number of alkyl halides is 1. The maximum Gasteiger partial charge on any atom is 0.265 e. The molecule has 0 aromatic carbocycles. The molecule has 1 aromatic heterocycles. The van der Waals surface area contributed by atoms with Crippen molar-refractivity contribution in [1.82, 2.24) is 14.9 Å². The Balaban J connectivity index is 2.82. The summed E-state index contributed by atoms with van der Waals surface area (Å²) in [5.41, 5.74) is 0.493. The van der Waals surface area contributed by atoms with Crippen LogP contribution in [0, 0.1) is 0 Å². The smallest absolute Gasteiger partial charge is 0.265 e. The molecule has 0 aliphatic heterocycles. The Labute approximate surface area is 116 Å². The fraction of sp³-hybridized carbons (Fsp3) is 0.727. The van der Waals surface area contributed by atoms with Crippen LogP contribution >= 0.6 is 23.1 Å². The molecule has 7 heteroatoms. The van der Waals surface area contributed by atoms with Gasteiger partial charge in [0.15, 0.2) is 0 Å². The van der Waals surface area contributed by atoms with Gasteiger partial charge in [-0.1, -0.05) is 25.3 Å². The summed E-state index contributed by atoms with van der Waals surface area (Å²) in [5, 5.41) is 6.85. The Bertz CT molecular complexity index is 403. The van der Waals surface area contributed by atoms with Crippen LogP contribution < -0.4 is 5.32 Å². The monoisotopic (exact) mass is 291 g/mol. The molecule has 1 unspecified atom stereocenters. The average molecular weight is 292 g/mol. The number of rotatable bonds is 5. The summed E-state index contributed by atoms with van der Waals surface area (Å²) in [6.07, 6.45) is 0. The first-order valence-electron chi connectivity index (χ1n) is 5.58. The van der Waals surface area contributed by atoms with E-state index in [-0.39, 0.29) is 17.4 Å². The van der Waals surface area contributed by atoms with Gasteiger partial charge in [0.1, 0.15) is 4.88 Å². The number of methoxy groups -OCH3 is 1. The van der Waals surface area contributed by atoms with E-state index >= 15 is 0 Å². The molecule has 0 saturated heterocycles. The van der Waals surface area contributed by atoms with Gasteiger partial charge >= 0.3 is 0 Å². The van der Waals surface area contributed by atoms with Gasteiger partial charge in [-0.2, -0.15) is 0 Å². The minimum absolute atomic E-state index is 0.197. The topological polar surface area (TPSA) is 64.1 Å². The van der Waals surface area contributed by atoms with E-state index in [2.05, 4.69) is 14.9 Å². The third kappa shape index (κ3) is 3.90. The van der Waals surface area contributed by atoms with Crippen LogP contribution in [0.2, 0.25) is 0 Å². The first-order valence-corrected chi connectivity index (χ1v) is 6.89. The zero-order chi connectivity index (χ0) is 13.8. The van der Waals surface area contributed by atoms with Gasteiger partial charge in [0.2, 0.25) is 0 Å². The molecular weight excluding hydrogens is 274 g/mol. The summed E-state index contributed by atoms with van der Waals surface area (Å²) < 4.78 is 8.84. The van der Waals surface area contributed by atoms with Crippen molar-refractivity contribution in [1.29, 1.82) is 0 Å². The van der Waals surface area contributed by atoms with Crippen LogP contribution in [0.15, 0.2) is 0 Å². The van der Waals surface area contributed by atoms with E-state index in [1.807, 2.05) is 20.8 Å². The molecule has 18 heavy (non-hydrogen) atoms. The van der Waals surface area contributed by atoms with E-state index in [0.717, 1.165) is 11.5 Å². The van der Waals surface area contributed by atoms with Crippen molar-refractivity contribution in [3.05, 3.63) is 10.6 Å². The van der Waals surface area contributed by atoms with Crippen LogP contribution in [0.5, 0.6) is 0 Å². The molecule has 0 spiro atoms. The van der Waals surface area contributed by atoms with Gasteiger partial charge in [-0.05, 0) is 11.5 Å². The third-order valence-corrected chi connectivity index (χ3v) is 3.39. The van der Waals surface area contributed by atoms with Gasteiger partial charge in [0, 0.05) is 18.4 Å². The fourth-order valence-electron chi connectivity index (χ4n) is 1.41. The summed E-state index contributed by atoms with van der Waals surface area (Å²) in [4.78, 5) is 12.7. The van der Waals surface area contributed by atoms with Crippen molar-refractivity contribution in [2.24, 2.45) is 0 Å². The number of carbonyl (C=O) groups excluding carboxylic acids is 1. The molecule has 5 nitrogen and oxygen atoms in total. The second-order valence-electron chi connectivity index (χ2n) is 4.98. The number of aromatic nitrogens is 2. The normalized spacial score (nSPS) is 13.4.